The number of hydrogen-bond acceptors (Lipinski definition) is 4. The fourth-order valence-electron chi connectivity index (χ4n) is 2.13. The predicted octanol–water partition coefficient (Wildman–Crippen LogP) is 1.12. The van der Waals surface area contributed by atoms with Gasteiger partial charge in [-0.2, -0.15) is 0 Å². The van der Waals surface area contributed by atoms with Crippen LogP contribution in [0.1, 0.15) is 32.2 Å². The minimum atomic E-state index is -0.480. The Morgan fingerprint density at radius 1 is 1.50 bits per heavy atom. The van der Waals surface area contributed by atoms with E-state index in [9.17, 15) is 9.59 Å². The molecule has 1 aromatic rings. The van der Waals surface area contributed by atoms with Crippen molar-refractivity contribution in [2.24, 2.45) is 0 Å². The van der Waals surface area contributed by atoms with E-state index >= 15 is 0 Å². The largest absolute Gasteiger partial charge is 0.345 e. The molecule has 0 saturated carbocycles. The number of carbonyl (C=O) groups excluding carboxylic acids is 2. The average Bonchev–Trinajstić information content (AvgIpc) is 2.78. The molecule has 1 atom stereocenters. The van der Waals surface area contributed by atoms with E-state index in [4.69, 9.17) is 0 Å². The number of nitrogens with one attached hydrogen (secondary N) is 1. The molecule has 0 bridgehead atoms. The number of hydrogen-bond donors (Lipinski definition) is 1. The monoisotopic (exact) mass is 267 g/mol. The van der Waals surface area contributed by atoms with Crippen molar-refractivity contribution in [3.8, 4) is 0 Å². The molecule has 0 spiro atoms. The van der Waals surface area contributed by atoms with E-state index in [2.05, 4.69) is 10.3 Å². The van der Waals surface area contributed by atoms with Crippen LogP contribution in [0.15, 0.2) is 11.6 Å². The highest BCUT2D eigenvalue weighted by atomic mass is 32.1. The number of nitrogens with zero attached hydrogens (tertiary/aromatic N) is 2. The van der Waals surface area contributed by atoms with Gasteiger partial charge in [-0.3, -0.25) is 9.59 Å². The van der Waals surface area contributed by atoms with Gasteiger partial charge in [-0.25, -0.2) is 4.98 Å². The summed E-state index contributed by atoms with van der Waals surface area (Å²) in [5.41, 5.74) is -0.480. The molecular formula is C12H17N3O2S. The third-order valence-electron chi connectivity index (χ3n) is 3.21. The Balaban J connectivity index is 2.31. The van der Waals surface area contributed by atoms with E-state index in [0.717, 1.165) is 5.01 Å². The van der Waals surface area contributed by atoms with Gasteiger partial charge < -0.3 is 10.2 Å². The summed E-state index contributed by atoms with van der Waals surface area (Å²) in [6.45, 7) is 6.08. The zero-order valence-electron chi connectivity index (χ0n) is 10.8. The predicted molar refractivity (Wildman–Crippen MR) is 69.1 cm³/mol. The van der Waals surface area contributed by atoms with Gasteiger partial charge in [0.05, 0.1) is 5.54 Å². The highest BCUT2D eigenvalue weighted by Gasteiger charge is 2.38. The summed E-state index contributed by atoms with van der Waals surface area (Å²) in [6.07, 6.45) is 2.07. The van der Waals surface area contributed by atoms with Crippen LogP contribution >= 0.6 is 11.3 Å². The van der Waals surface area contributed by atoms with Gasteiger partial charge in [0.1, 0.15) is 11.0 Å². The molecule has 1 fully saturated rings. The van der Waals surface area contributed by atoms with Crippen molar-refractivity contribution in [2.45, 2.75) is 38.8 Å². The van der Waals surface area contributed by atoms with E-state index in [1.165, 1.54) is 11.3 Å². The maximum atomic E-state index is 12.3. The van der Waals surface area contributed by atoms with Crippen LogP contribution in [0.2, 0.25) is 0 Å². The maximum absolute atomic E-state index is 12.3. The Morgan fingerprint density at radius 3 is 2.83 bits per heavy atom. The molecule has 0 aromatic carbocycles. The van der Waals surface area contributed by atoms with Gasteiger partial charge in [0, 0.05) is 24.5 Å². The highest BCUT2D eigenvalue weighted by Crippen LogP contribution is 2.30. The lowest BCUT2D eigenvalue weighted by Gasteiger charge is -2.37. The fraction of sp³-hybridized carbons (Fsp3) is 0.583. The lowest BCUT2D eigenvalue weighted by atomic mass is 10.0. The molecule has 5 nitrogen and oxygen atoms in total. The Morgan fingerprint density at radius 2 is 2.22 bits per heavy atom. The van der Waals surface area contributed by atoms with Gasteiger partial charge in [0.2, 0.25) is 11.8 Å². The molecule has 6 heteroatoms. The van der Waals surface area contributed by atoms with Crippen molar-refractivity contribution in [1.82, 2.24) is 15.2 Å². The maximum Gasteiger partial charge on any atom is 0.245 e. The molecule has 1 aliphatic heterocycles. The van der Waals surface area contributed by atoms with Gasteiger partial charge >= 0.3 is 0 Å². The van der Waals surface area contributed by atoms with E-state index < -0.39 is 11.6 Å². The summed E-state index contributed by atoms with van der Waals surface area (Å²) in [5, 5.41) is 5.47. The van der Waals surface area contributed by atoms with E-state index in [-0.39, 0.29) is 11.8 Å². The molecule has 2 heterocycles. The molecule has 1 N–H and O–H groups in total. The van der Waals surface area contributed by atoms with Gasteiger partial charge in [-0.1, -0.05) is 0 Å². The molecular weight excluding hydrogens is 250 g/mol. The Labute approximate surface area is 110 Å². The van der Waals surface area contributed by atoms with Gasteiger partial charge in [0.15, 0.2) is 0 Å². The Bertz CT molecular complexity index is 456. The minimum Gasteiger partial charge on any atom is -0.345 e. The fourth-order valence-corrected chi connectivity index (χ4v) is 2.90. The SMILES string of the molecule is CC1NC(=O)CCN(C(C)(C)c2nccs2)C1=O. The molecule has 18 heavy (non-hydrogen) atoms. The second kappa shape index (κ2) is 4.68. The van der Waals surface area contributed by atoms with Crippen molar-refractivity contribution in [3.63, 3.8) is 0 Å². The van der Waals surface area contributed by atoms with E-state index in [1.54, 1.807) is 18.0 Å². The lowest BCUT2D eigenvalue weighted by molar-refractivity contribution is -0.138. The van der Waals surface area contributed by atoms with Crippen molar-refractivity contribution < 1.29 is 9.59 Å². The van der Waals surface area contributed by atoms with E-state index in [1.807, 2.05) is 19.2 Å². The topological polar surface area (TPSA) is 62.3 Å². The first-order valence-corrected chi connectivity index (χ1v) is 6.81. The summed E-state index contributed by atoms with van der Waals surface area (Å²) >= 11 is 1.52. The number of amides is 2. The summed E-state index contributed by atoms with van der Waals surface area (Å²) in [4.78, 5) is 29.9. The zero-order chi connectivity index (χ0) is 13.3. The number of carbonyl (C=O) groups is 2. The molecule has 2 rings (SSSR count). The molecule has 0 radical (unpaired) electrons. The summed E-state index contributed by atoms with van der Waals surface area (Å²) in [6, 6.07) is -0.473. The highest BCUT2D eigenvalue weighted by molar-refractivity contribution is 7.09. The number of aromatic nitrogens is 1. The first kappa shape index (κ1) is 13.0. The molecule has 1 saturated heterocycles. The van der Waals surface area contributed by atoms with Crippen LogP contribution in [-0.4, -0.2) is 34.3 Å². The Kier molecular flexibility index (Phi) is 3.38. The normalized spacial score (nSPS) is 21.7. The second-order valence-electron chi connectivity index (χ2n) is 4.93. The van der Waals surface area contributed by atoms with Crippen LogP contribution in [0.3, 0.4) is 0 Å². The molecule has 1 aromatic heterocycles. The first-order valence-electron chi connectivity index (χ1n) is 5.93. The molecule has 0 aliphatic carbocycles. The smallest absolute Gasteiger partial charge is 0.245 e. The van der Waals surface area contributed by atoms with Gasteiger partial charge in [-0.15, -0.1) is 11.3 Å². The van der Waals surface area contributed by atoms with Crippen LogP contribution in [0.5, 0.6) is 0 Å². The van der Waals surface area contributed by atoms with Crippen molar-refractivity contribution in [1.29, 1.82) is 0 Å². The van der Waals surface area contributed by atoms with E-state index in [0.29, 0.717) is 13.0 Å². The van der Waals surface area contributed by atoms with Crippen LogP contribution in [0.25, 0.3) is 0 Å². The number of thiazole rings is 1. The van der Waals surface area contributed by atoms with Crippen molar-refractivity contribution in [2.75, 3.05) is 6.54 Å². The van der Waals surface area contributed by atoms with Crippen LogP contribution in [-0.2, 0) is 15.1 Å². The summed E-state index contributed by atoms with van der Waals surface area (Å²) in [5.74, 6) is -0.130. The van der Waals surface area contributed by atoms with Crippen LogP contribution in [0, 0.1) is 0 Å². The molecule has 98 valence electrons. The third-order valence-corrected chi connectivity index (χ3v) is 4.29. The zero-order valence-corrected chi connectivity index (χ0v) is 11.6. The first-order chi connectivity index (χ1) is 8.43. The number of rotatable bonds is 2. The standard InChI is InChI=1S/C12H17N3O2S/c1-8-10(17)15(6-4-9(16)14-8)12(2,3)11-13-5-7-18-11/h5,7-8H,4,6H2,1-3H3,(H,14,16). The van der Waals surface area contributed by atoms with Crippen molar-refractivity contribution >= 4 is 23.2 Å². The molecule has 2 amide bonds. The van der Waals surface area contributed by atoms with Gasteiger partial charge in [-0.05, 0) is 20.8 Å². The summed E-state index contributed by atoms with van der Waals surface area (Å²) in [7, 11) is 0. The third kappa shape index (κ3) is 2.25. The van der Waals surface area contributed by atoms with Crippen LogP contribution < -0.4 is 5.32 Å². The Hall–Kier alpha value is -1.43. The molecule has 1 unspecified atom stereocenters. The van der Waals surface area contributed by atoms with Gasteiger partial charge in [0.25, 0.3) is 0 Å². The van der Waals surface area contributed by atoms with Crippen molar-refractivity contribution in [3.05, 3.63) is 16.6 Å². The lowest BCUT2D eigenvalue weighted by Crippen LogP contribution is -2.50. The summed E-state index contributed by atoms with van der Waals surface area (Å²) < 4.78 is 0. The average molecular weight is 267 g/mol. The minimum absolute atomic E-state index is 0.0546. The quantitative estimate of drug-likeness (QED) is 0.873. The second-order valence-corrected chi connectivity index (χ2v) is 5.82. The van der Waals surface area contributed by atoms with Crippen LogP contribution in [0.4, 0.5) is 0 Å². The molecule has 1 aliphatic rings.